The third-order valence-corrected chi connectivity index (χ3v) is 3.90. The minimum atomic E-state index is -3.00. The van der Waals surface area contributed by atoms with Crippen LogP contribution in [0.25, 0.3) is 0 Å². The number of benzene rings is 2. The Morgan fingerprint density at radius 2 is 2.04 bits per heavy atom. The standard InChI is InChI=1S/C17H12ClF2NO4/c18-12-8-10(5-6-13(12)25-17(19)20)21-15(22)14-7-9-3-1-2-4-11(9)16(23)24-14/h1-6,8,14,17H,7H2,(H,21,22)/t14-/m1/s1. The monoisotopic (exact) mass is 367 g/mol. The molecule has 25 heavy (non-hydrogen) atoms. The topological polar surface area (TPSA) is 64.6 Å². The minimum absolute atomic E-state index is 0.0796. The second-order valence-corrected chi connectivity index (χ2v) is 5.68. The highest BCUT2D eigenvalue weighted by Gasteiger charge is 2.31. The average Bonchev–Trinajstić information content (AvgIpc) is 2.57. The van der Waals surface area contributed by atoms with Crippen molar-refractivity contribution in [2.45, 2.75) is 19.1 Å². The van der Waals surface area contributed by atoms with Gasteiger partial charge in [0.05, 0.1) is 10.6 Å². The number of hydrogen-bond donors (Lipinski definition) is 1. The van der Waals surface area contributed by atoms with Crippen LogP contribution in [-0.2, 0) is 16.0 Å². The number of alkyl halides is 2. The average molecular weight is 368 g/mol. The summed E-state index contributed by atoms with van der Waals surface area (Å²) in [6.07, 6.45) is -0.744. The molecule has 0 fully saturated rings. The summed E-state index contributed by atoms with van der Waals surface area (Å²) in [5, 5.41) is 2.46. The Kier molecular flexibility index (Phi) is 4.85. The van der Waals surface area contributed by atoms with E-state index < -0.39 is 24.6 Å². The van der Waals surface area contributed by atoms with E-state index in [2.05, 4.69) is 10.1 Å². The smallest absolute Gasteiger partial charge is 0.387 e. The number of halogens is 3. The quantitative estimate of drug-likeness (QED) is 0.838. The molecule has 5 nitrogen and oxygen atoms in total. The summed E-state index contributed by atoms with van der Waals surface area (Å²) < 4.78 is 33.8. The molecule has 2 aromatic rings. The van der Waals surface area contributed by atoms with E-state index >= 15 is 0 Å². The Morgan fingerprint density at radius 1 is 1.28 bits per heavy atom. The van der Waals surface area contributed by atoms with E-state index in [9.17, 15) is 18.4 Å². The van der Waals surface area contributed by atoms with Crippen LogP contribution in [0.15, 0.2) is 42.5 Å². The second kappa shape index (κ2) is 7.06. The Bertz CT molecular complexity index is 828. The lowest BCUT2D eigenvalue weighted by Gasteiger charge is -2.23. The van der Waals surface area contributed by atoms with Crippen molar-refractivity contribution in [2.75, 3.05) is 5.32 Å². The number of carbonyl (C=O) groups excluding carboxylic acids is 2. The van der Waals surface area contributed by atoms with Crippen LogP contribution in [0.2, 0.25) is 5.02 Å². The van der Waals surface area contributed by atoms with Gasteiger partial charge in [0.1, 0.15) is 5.75 Å². The Labute approximate surface area is 146 Å². The van der Waals surface area contributed by atoms with Crippen molar-refractivity contribution < 1.29 is 27.8 Å². The highest BCUT2D eigenvalue weighted by atomic mass is 35.5. The summed E-state index contributed by atoms with van der Waals surface area (Å²) in [6.45, 7) is -3.00. The normalized spacial score (nSPS) is 16.2. The zero-order valence-corrected chi connectivity index (χ0v) is 13.4. The van der Waals surface area contributed by atoms with Crippen molar-refractivity contribution in [1.82, 2.24) is 0 Å². The zero-order chi connectivity index (χ0) is 18.0. The van der Waals surface area contributed by atoms with E-state index in [0.717, 1.165) is 5.56 Å². The zero-order valence-electron chi connectivity index (χ0n) is 12.7. The highest BCUT2D eigenvalue weighted by Crippen LogP contribution is 2.29. The molecule has 130 valence electrons. The summed E-state index contributed by atoms with van der Waals surface area (Å²) in [5.74, 6) is -1.31. The molecule has 0 aliphatic carbocycles. The molecule has 1 atom stereocenters. The maximum Gasteiger partial charge on any atom is 0.387 e. The Morgan fingerprint density at radius 3 is 2.76 bits per heavy atom. The predicted octanol–water partition coefficient (Wildman–Crippen LogP) is 3.66. The third-order valence-electron chi connectivity index (χ3n) is 3.60. The summed E-state index contributed by atoms with van der Waals surface area (Å²) in [7, 11) is 0. The molecule has 1 aliphatic rings. The number of amides is 1. The van der Waals surface area contributed by atoms with Gasteiger partial charge in [-0.3, -0.25) is 4.79 Å². The van der Waals surface area contributed by atoms with Crippen LogP contribution >= 0.6 is 11.6 Å². The first-order valence-electron chi connectivity index (χ1n) is 7.28. The molecule has 1 aliphatic heterocycles. The molecule has 2 aromatic carbocycles. The van der Waals surface area contributed by atoms with Gasteiger partial charge < -0.3 is 14.8 Å². The number of cyclic esters (lactones) is 1. The summed E-state index contributed by atoms with van der Waals surface area (Å²) in [4.78, 5) is 24.3. The molecule has 0 aromatic heterocycles. The van der Waals surface area contributed by atoms with Crippen LogP contribution in [0.1, 0.15) is 15.9 Å². The van der Waals surface area contributed by atoms with Crippen molar-refractivity contribution in [3.05, 3.63) is 58.6 Å². The van der Waals surface area contributed by atoms with Crippen LogP contribution in [0, 0.1) is 0 Å². The van der Waals surface area contributed by atoms with Gasteiger partial charge in [-0.1, -0.05) is 29.8 Å². The maximum absolute atomic E-state index is 12.3. The molecule has 1 heterocycles. The Balaban J connectivity index is 1.71. The van der Waals surface area contributed by atoms with Gasteiger partial charge in [-0.05, 0) is 29.8 Å². The van der Waals surface area contributed by atoms with E-state index in [4.69, 9.17) is 16.3 Å². The van der Waals surface area contributed by atoms with E-state index in [1.807, 2.05) is 0 Å². The van der Waals surface area contributed by atoms with Crippen LogP contribution in [0.5, 0.6) is 5.75 Å². The van der Waals surface area contributed by atoms with Crippen molar-refractivity contribution in [3.8, 4) is 5.75 Å². The van der Waals surface area contributed by atoms with E-state index in [1.165, 1.54) is 18.2 Å². The van der Waals surface area contributed by atoms with Gasteiger partial charge in [0.15, 0.2) is 6.10 Å². The van der Waals surface area contributed by atoms with Gasteiger partial charge in [-0.2, -0.15) is 8.78 Å². The molecule has 1 amide bonds. The first-order chi connectivity index (χ1) is 11.9. The molecule has 0 bridgehead atoms. The number of anilines is 1. The fraction of sp³-hybridized carbons (Fsp3) is 0.176. The number of nitrogens with one attached hydrogen (secondary N) is 1. The van der Waals surface area contributed by atoms with E-state index in [1.54, 1.807) is 24.3 Å². The van der Waals surface area contributed by atoms with Crippen molar-refractivity contribution >= 4 is 29.2 Å². The predicted molar refractivity (Wildman–Crippen MR) is 86.1 cm³/mol. The lowest BCUT2D eigenvalue weighted by atomic mass is 9.98. The second-order valence-electron chi connectivity index (χ2n) is 5.27. The van der Waals surface area contributed by atoms with E-state index in [-0.39, 0.29) is 22.9 Å². The first kappa shape index (κ1) is 17.2. The molecule has 0 radical (unpaired) electrons. The molecule has 3 rings (SSSR count). The summed E-state index contributed by atoms with van der Waals surface area (Å²) in [6, 6.07) is 10.7. The van der Waals surface area contributed by atoms with Crippen molar-refractivity contribution in [2.24, 2.45) is 0 Å². The lowest BCUT2D eigenvalue weighted by molar-refractivity contribution is -0.125. The summed E-state index contributed by atoms with van der Waals surface area (Å²) in [5.41, 5.74) is 1.42. The number of hydrogen-bond acceptors (Lipinski definition) is 4. The van der Waals surface area contributed by atoms with Crippen molar-refractivity contribution in [1.29, 1.82) is 0 Å². The summed E-state index contributed by atoms with van der Waals surface area (Å²) >= 11 is 5.84. The van der Waals surface area contributed by atoms with Crippen LogP contribution in [-0.4, -0.2) is 24.6 Å². The fourth-order valence-corrected chi connectivity index (χ4v) is 2.70. The van der Waals surface area contributed by atoms with Gasteiger partial charge >= 0.3 is 12.6 Å². The van der Waals surface area contributed by atoms with Crippen LogP contribution in [0.4, 0.5) is 14.5 Å². The molecule has 0 unspecified atom stereocenters. The van der Waals surface area contributed by atoms with Crippen LogP contribution < -0.4 is 10.1 Å². The van der Waals surface area contributed by atoms with E-state index in [0.29, 0.717) is 5.56 Å². The van der Waals surface area contributed by atoms with Crippen molar-refractivity contribution in [3.63, 3.8) is 0 Å². The molecule has 0 saturated carbocycles. The number of esters is 1. The molecule has 8 heteroatoms. The lowest BCUT2D eigenvalue weighted by Crippen LogP contribution is -2.37. The number of carbonyl (C=O) groups is 2. The van der Waals surface area contributed by atoms with Gasteiger partial charge in [0, 0.05) is 12.1 Å². The first-order valence-corrected chi connectivity index (χ1v) is 7.66. The molecule has 0 spiro atoms. The third kappa shape index (κ3) is 3.88. The maximum atomic E-state index is 12.3. The van der Waals surface area contributed by atoms with Gasteiger partial charge in [-0.25, -0.2) is 4.79 Å². The highest BCUT2D eigenvalue weighted by molar-refractivity contribution is 6.32. The molecule has 0 saturated heterocycles. The number of rotatable bonds is 4. The molecular weight excluding hydrogens is 356 g/mol. The molecular formula is C17H12ClF2NO4. The largest absolute Gasteiger partial charge is 0.448 e. The fourth-order valence-electron chi connectivity index (χ4n) is 2.47. The number of ether oxygens (including phenoxy) is 2. The van der Waals surface area contributed by atoms with Gasteiger partial charge in [0.2, 0.25) is 0 Å². The van der Waals surface area contributed by atoms with Gasteiger partial charge in [-0.15, -0.1) is 0 Å². The van der Waals surface area contributed by atoms with Crippen LogP contribution in [0.3, 0.4) is 0 Å². The Hall–Kier alpha value is -2.67. The number of fused-ring (bicyclic) bond motifs is 1. The molecule has 1 N–H and O–H groups in total. The minimum Gasteiger partial charge on any atom is -0.448 e. The SMILES string of the molecule is O=C1O[C@@H](C(=O)Nc2ccc(OC(F)F)c(Cl)c2)Cc2ccccc21. The van der Waals surface area contributed by atoms with Gasteiger partial charge in [0.25, 0.3) is 5.91 Å².